The molecule has 1 aliphatic heterocycles. The Balaban J connectivity index is 2.35. The van der Waals surface area contributed by atoms with Gasteiger partial charge in [-0.15, -0.1) is 0 Å². The van der Waals surface area contributed by atoms with E-state index in [4.69, 9.17) is 10.5 Å². The summed E-state index contributed by atoms with van der Waals surface area (Å²) < 4.78 is 5.34. The number of piperazine rings is 1. The summed E-state index contributed by atoms with van der Waals surface area (Å²) in [6, 6.07) is -0.243. The van der Waals surface area contributed by atoms with E-state index in [0.717, 1.165) is 13.1 Å². The highest BCUT2D eigenvalue weighted by Gasteiger charge is 2.26. The Bertz CT molecular complexity index is 294. The number of rotatable bonds is 3. The fourth-order valence-corrected chi connectivity index (χ4v) is 1.89. The Hall–Kier alpha value is -0.850. The average molecular weight is 273 g/mol. The van der Waals surface area contributed by atoms with Gasteiger partial charge in [-0.3, -0.25) is 4.90 Å². The zero-order valence-electron chi connectivity index (χ0n) is 12.4. The molecule has 0 aromatic carbocycles. The van der Waals surface area contributed by atoms with Crippen molar-refractivity contribution in [2.24, 2.45) is 5.73 Å². The van der Waals surface area contributed by atoms with Gasteiger partial charge in [-0.25, -0.2) is 4.79 Å². The van der Waals surface area contributed by atoms with E-state index in [1.54, 1.807) is 11.8 Å². The van der Waals surface area contributed by atoms with Crippen LogP contribution < -0.4 is 5.73 Å². The van der Waals surface area contributed by atoms with E-state index in [1.165, 1.54) is 0 Å². The zero-order chi connectivity index (χ0) is 14.6. The van der Waals surface area contributed by atoms with Crippen molar-refractivity contribution in [3.8, 4) is 0 Å². The fraction of sp³-hybridized carbons (Fsp3) is 0.923. The second-order valence-corrected chi connectivity index (χ2v) is 6.17. The van der Waals surface area contributed by atoms with Gasteiger partial charge in [0.25, 0.3) is 0 Å². The van der Waals surface area contributed by atoms with E-state index < -0.39 is 11.7 Å². The molecule has 0 aliphatic carbocycles. The van der Waals surface area contributed by atoms with Crippen LogP contribution >= 0.6 is 0 Å². The summed E-state index contributed by atoms with van der Waals surface area (Å²) in [5, 5.41) is 9.38. The first-order valence-electron chi connectivity index (χ1n) is 6.83. The van der Waals surface area contributed by atoms with Crippen molar-refractivity contribution in [3.05, 3.63) is 0 Å². The Morgan fingerprint density at radius 1 is 1.32 bits per heavy atom. The highest BCUT2D eigenvalue weighted by Crippen LogP contribution is 2.12. The molecule has 1 fully saturated rings. The second-order valence-electron chi connectivity index (χ2n) is 6.17. The predicted octanol–water partition coefficient (Wildman–Crippen LogP) is 0.247. The van der Waals surface area contributed by atoms with Gasteiger partial charge in [-0.1, -0.05) is 0 Å². The first kappa shape index (κ1) is 16.2. The number of carbonyl (C=O) groups is 1. The molecule has 112 valence electrons. The van der Waals surface area contributed by atoms with E-state index in [0.29, 0.717) is 19.6 Å². The van der Waals surface area contributed by atoms with Crippen LogP contribution in [0.4, 0.5) is 4.79 Å². The van der Waals surface area contributed by atoms with Gasteiger partial charge in [-0.05, 0) is 27.7 Å². The average Bonchev–Trinajstić information content (AvgIpc) is 2.27. The van der Waals surface area contributed by atoms with Crippen molar-refractivity contribution in [1.29, 1.82) is 0 Å². The molecule has 1 saturated heterocycles. The number of hydrogen-bond acceptors (Lipinski definition) is 5. The van der Waals surface area contributed by atoms with Gasteiger partial charge in [-0.2, -0.15) is 0 Å². The monoisotopic (exact) mass is 273 g/mol. The lowest BCUT2D eigenvalue weighted by Crippen LogP contribution is -2.53. The molecule has 19 heavy (non-hydrogen) atoms. The Morgan fingerprint density at radius 3 is 2.26 bits per heavy atom. The highest BCUT2D eigenvalue weighted by molar-refractivity contribution is 5.68. The summed E-state index contributed by atoms with van der Waals surface area (Å²) in [7, 11) is 0. The molecular weight excluding hydrogens is 246 g/mol. The van der Waals surface area contributed by atoms with Crippen LogP contribution in [0.1, 0.15) is 27.7 Å². The number of hydrogen-bond donors (Lipinski definition) is 2. The van der Waals surface area contributed by atoms with Crippen LogP contribution in [-0.4, -0.2) is 71.5 Å². The molecule has 6 heteroatoms. The van der Waals surface area contributed by atoms with E-state index >= 15 is 0 Å². The molecule has 0 radical (unpaired) electrons. The smallest absolute Gasteiger partial charge is 0.410 e. The molecule has 0 saturated carbocycles. The summed E-state index contributed by atoms with van der Waals surface area (Å²) in [4.78, 5) is 15.8. The molecule has 6 nitrogen and oxygen atoms in total. The van der Waals surface area contributed by atoms with Crippen molar-refractivity contribution < 1.29 is 14.6 Å². The van der Waals surface area contributed by atoms with Crippen molar-refractivity contribution in [2.75, 3.05) is 32.7 Å². The first-order valence-corrected chi connectivity index (χ1v) is 6.83. The highest BCUT2D eigenvalue weighted by atomic mass is 16.6. The molecule has 1 heterocycles. The number of ether oxygens (including phenoxy) is 1. The Kier molecular flexibility index (Phi) is 5.58. The van der Waals surface area contributed by atoms with Gasteiger partial charge < -0.3 is 20.5 Å². The number of aliphatic hydroxyl groups excluding tert-OH is 1. The Labute approximate surface area is 115 Å². The molecule has 1 amide bonds. The summed E-state index contributed by atoms with van der Waals surface area (Å²) >= 11 is 0. The molecule has 3 N–H and O–H groups in total. The van der Waals surface area contributed by atoms with Crippen LogP contribution in [0.25, 0.3) is 0 Å². The third-order valence-corrected chi connectivity index (χ3v) is 3.11. The van der Waals surface area contributed by atoms with Crippen LogP contribution in [0.2, 0.25) is 0 Å². The van der Waals surface area contributed by atoms with Crippen LogP contribution in [0.3, 0.4) is 0 Å². The SMILES string of the molecule is CC(O)C(N)CN1CCN(C(=O)OC(C)(C)C)CC1. The standard InChI is InChI=1S/C13H27N3O3/c1-10(17)11(14)9-15-5-7-16(8-6-15)12(18)19-13(2,3)4/h10-11,17H,5-9,14H2,1-4H3. The molecule has 2 atom stereocenters. The number of amides is 1. The summed E-state index contributed by atoms with van der Waals surface area (Å²) in [6.07, 6.45) is -0.768. The largest absolute Gasteiger partial charge is 0.444 e. The number of carbonyl (C=O) groups excluding carboxylic acids is 1. The second kappa shape index (κ2) is 6.54. The van der Waals surface area contributed by atoms with Crippen molar-refractivity contribution >= 4 is 6.09 Å². The number of nitrogens with two attached hydrogens (primary N) is 1. The lowest BCUT2D eigenvalue weighted by Gasteiger charge is -2.36. The molecule has 0 aromatic heterocycles. The maximum Gasteiger partial charge on any atom is 0.410 e. The van der Waals surface area contributed by atoms with Crippen LogP contribution in [0.15, 0.2) is 0 Å². The molecular formula is C13H27N3O3. The van der Waals surface area contributed by atoms with Crippen molar-refractivity contribution in [1.82, 2.24) is 9.80 Å². The molecule has 0 spiro atoms. The van der Waals surface area contributed by atoms with Gasteiger partial charge >= 0.3 is 6.09 Å². The topological polar surface area (TPSA) is 79.0 Å². The van der Waals surface area contributed by atoms with E-state index in [2.05, 4.69) is 4.90 Å². The van der Waals surface area contributed by atoms with Gasteiger partial charge in [0.05, 0.1) is 6.10 Å². The van der Waals surface area contributed by atoms with E-state index in [9.17, 15) is 9.90 Å². The third-order valence-electron chi connectivity index (χ3n) is 3.11. The molecule has 1 aliphatic rings. The quantitative estimate of drug-likeness (QED) is 0.770. The van der Waals surface area contributed by atoms with Crippen LogP contribution in [0.5, 0.6) is 0 Å². The predicted molar refractivity (Wildman–Crippen MR) is 73.9 cm³/mol. The van der Waals surface area contributed by atoms with Gasteiger partial charge in [0.15, 0.2) is 0 Å². The van der Waals surface area contributed by atoms with Crippen LogP contribution in [0, 0.1) is 0 Å². The van der Waals surface area contributed by atoms with Crippen LogP contribution in [-0.2, 0) is 4.74 Å². The fourth-order valence-electron chi connectivity index (χ4n) is 1.89. The summed E-state index contributed by atoms with van der Waals surface area (Å²) in [6.45, 7) is 10.7. The van der Waals surface area contributed by atoms with Crippen molar-refractivity contribution in [2.45, 2.75) is 45.4 Å². The summed E-state index contributed by atoms with van der Waals surface area (Å²) in [5.74, 6) is 0. The lowest BCUT2D eigenvalue weighted by molar-refractivity contribution is 0.0126. The normalized spacial score (nSPS) is 21.1. The minimum atomic E-state index is -0.510. The van der Waals surface area contributed by atoms with Gasteiger partial charge in [0.1, 0.15) is 5.60 Å². The minimum absolute atomic E-state index is 0.243. The molecule has 0 aromatic rings. The van der Waals surface area contributed by atoms with Crippen molar-refractivity contribution in [3.63, 3.8) is 0 Å². The zero-order valence-corrected chi connectivity index (χ0v) is 12.4. The maximum absolute atomic E-state index is 11.9. The lowest BCUT2D eigenvalue weighted by atomic mass is 10.1. The maximum atomic E-state index is 11.9. The number of aliphatic hydroxyl groups is 1. The Morgan fingerprint density at radius 2 is 1.84 bits per heavy atom. The first-order chi connectivity index (χ1) is 8.69. The molecule has 1 rings (SSSR count). The molecule has 0 bridgehead atoms. The molecule has 2 unspecified atom stereocenters. The van der Waals surface area contributed by atoms with E-state index in [1.807, 2.05) is 20.8 Å². The summed E-state index contributed by atoms with van der Waals surface area (Å²) in [5.41, 5.74) is 5.37. The number of nitrogens with zero attached hydrogens (tertiary/aromatic N) is 2. The van der Waals surface area contributed by atoms with Gasteiger partial charge in [0.2, 0.25) is 0 Å². The van der Waals surface area contributed by atoms with Gasteiger partial charge in [0, 0.05) is 38.8 Å². The third kappa shape index (κ3) is 5.76. The van der Waals surface area contributed by atoms with E-state index in [-0.39, 0.29) is 12.1 Å². The minimum Gasteiger partial charge on any atom is -0.444 e.